The lowest BCUT2D eigenvalue weighted by Crippen LogP contribution is -2.64. The summed E-state index contributed by atoms with van der Waals surface area (Å²) in [5, 5.41) is 3.11. The Morgan fingerprint density at radius 1 is 1.19 bits per heavy atom. The first-order chi connectivity index (χ1) is 12.9. The lowest BCUT2D eigenvalue weighted by atomic mass is 9.57. The van der Waals surface area contributed by atoms with E-state index in [0.29, 0.717) is 24.4 Å². The van der Waals surface area contributed by atoms with Gasteiger partial charge in [-0.1, -0.05) is 11.6 Å². The predicted octanol–water partition coefficient (Wildman–Crippen LogP) is 2.54. The normalized spacial score (nSPS) is 21.8. The molecule has 0 unspecified atom stereocenters. The maximum atomic E-state index is 13.3. The number of halogens is 2. The molecule has 7 heteroatoms. The lowest BCUT2D eigenvalue weighted by molar-refractivity contribution is -0.140. The highest BCUT2D eigenvalue weighted by Crippen LogP contribution is 2.51. The van der Waals surface area contributed by atoms with Gasteiger partial charge in [0.15, 0.2) is 0 Å². The van der Waals surface area contributed by atoms with Gasteiger partial charge in [0.25, 0.3) is 5.91 Å². The van der Waals surface area contributed by atoms with Crippen molar-refractivity contribution < 1.29 is 14.0 Å². The molecule has 1 saturated carbocycles. The Hall–Kier alpha value is -1.66. The lowest BCUT2D eigenvalue weighted by Gasteiger charge is -2.59. The van der Waals surface area contributed by atoms with Crippen molar-refractivity contribution in [1.82, 2.24) is 15.1 Å². The predicted molar refractivity (Wildman–Crippen MR) is 101 cm³/mol. The van der Waals surface area contributed by atoms with E-state index in [9.17, 15) is 14.0 Å². The average Bonchev–Trinajstić information content (AvgIpc) is 3.08. The van der Waals surface area contributed by atoms with Crippen LogP contribution in [0.1, 0.15) is 36.0 Å². The van der Waals surface area contributed by atoms with E-state index in [4.69, 9.17) is 11.6 Å². The number of carbonyl (C=O) groups excluding carboxylic acids is 2. The molecule has 3 fully saturated rings. The monoisotopic (exact) mass is 393 g/mol. The number of carbonyl (C=O) groups is 2. The summed E-state index contributed by atoms with van der Waals surface area (Å²) in [5.41, 5.74) is 0.590. The quantitative estimate of drug-likeness (QED) is 0.836. The summed E-state index contributed by atoms with van der Waals surface area (Å²) in [4.78, 5) is 28.6. The number of hydrogen-bond donors (Lipinski definition) is 1. The molecule has 2 aliphatic heterocycles. The molecular formula is C20H25ClFN3O2. The highest BCUT2D eigenvalue weighted by atomic mass is 35.5. The molecule has 0 bridgehead atoms. The molecule has 1 aliphatic carbocycles. The van der Waals surface area contributed by atoms with Crippen molar-refractivity contribution in [2.75, 3.05) is 39.3 Å². The van der Waals surface area contributed by atoms with Gasteiger partial charge in [0.05, 0.1) is 6.54 Å². The van der Waals surface area contributed by atoms with Gasteiger partial charge in [0.1, 0.15) is 5.82 Å². The molecule has 1 aromatic rings. The van der Waals surface area contributed by atoms with Crippen LogP contribution in [-0.4, -0.2) is 60.9 Å². The molecule has 1 N–H and O–H groups in total. The minimum atomic E-state index is -0.506. The van der Waals surface area contributed by atoms with E-state index in [0.717, 1.165) is 51.9 Å². The molecule has 3 aliphatic rings. The maximum absolute atomic E-state index is 13.3. The summed E-state index contributed by atoms with van der Waals surface area (Å²) in [6.07, 6.45) is 4.41. The number of nitrogens with one attached hydrogen (secondary N) is 1. The molecule has 146 valence electrons. The first kappa shape index (κ1) is 18.7. The largest absolute Gasteiger partial charge is 0.352 e. The second-order valence-electron chi connectivity index (χ2n) is 8.38. The molecule has 2 heterocycles. The van der Waals surface area contributed by atoms with Crippen molar-refractivity contribution in [3.05, 3.63) is 34.6 Å². The Morgan fingerprint density at radius 3 is 2.56 bits per heavy atom. The van der Waals surface area contributed by atoms with Gasteiger partial charge in [-0.15, -0.1) is 0 Å². The molecule has 1 spiro atoms. The van der Waals surface area contributed by atoms with Crippen LogP contribution in [0.2, 0.25) is 5.02 Å². The van der Waals surface area contributed by atoms with Gasteiger partial charge in [-0.25, -0.2) is 4.39 Å². The van der Waals surface area contributed by atoms with Gasteiger partial charge in [-0.3, -0.25) is 14.5 Å². The third-order valence-electron chi connectivity index (χ3n) is 6.06. The smallest absolute Gasteiger partial charge is 0.251 e. The van der Waals surface area contributed by atoms with Crippen LogP contribution in [0, 0.1) is 17.2 Å². The molecule has 2 amide bonds. The maximum Gasteiger partial charge on any atom is 0.251 e. The number of benzene rings is 1. The summed E-state index contributed by atoms with van der Waals surface area (Å²) in [5.74, 6) is -0.0780. The van der Waals surface area contributed by atoms with E-state index in [1.54, 1.807) is 0 Å². The molecule has 0 aromatic heterocycles. The summed E-state index contributed by atoms with van der Waals surface area (Å²) < 4.78 is 13.3. The Labute approximate surface area is 163 Å². The van der Waals surface area contributed by atoms with Crippen molar-refractivity contribution in [1.29, 1.82) is 0 Å². The first-order valence-electron chi connectivity index (χ1n) is 9.67. The number of hydrogen-bond acceptors (Lipinski definition) is 3. The van der Waals surface area contributed by atoms with E-state index < -0.39 is 5.82 Å². The Bertz CT molecular complexity index is 716. The summed E-state index contributed by atoms with van der Waals surface area (Å²) in [6.45, 7) is 4.93. The van der Waals surface area contributed by atoms with Crippen LogP contribution in [0.5, 0.6) is 0 Å². The van der Waals surface area contributed by atoms with Gasteiger partial charge in [0.2, 0.25) is 5.91 Å². The van der Waals surface area contributed by atoms with Crippen molar-refractivity contribution in [2.45, 2.75) is 25.7 Å². The van der Waals surface area contributed by atoms with Crippen molar-refractivity contribution in [2.24, 2.45) is 11.3 Å². The first-order valence-corrected chi connectivity index (χ1v) is 10.0. The zero-order chi connectivity index (χ0) is 19.0. The zero-order valence-electron chi connectivity index (χ0n) is 15.3. The van der Waals surface area contributed by atoms with Crippen molar-refractivity contribution in [3.63, 3.8) is 0 Å². The van der Waals surface area contributed by atoms with Crippen LogP contribution in [0.4, 0.5) is 4.39 Å². The van der Waals surface area contributed by atoms with Crippen molar-refractivity contribution in [3.8, 4) is 0 Å². The summed E-state index contributed by atoms with van der Waals surface area (Å²) in [7, 11) is 0. The molecule has 2 saturated heterocycles. The molecule has 1 aromatic carbocycles. The van der Waals surface area contributed by atoms with Gasteiger partial charge in [0, 0.05) is 43.3 Å². The van der Waals surface area contributed by atoms with E-state index in [-0.39, 0.29) is 22.4 Å². The van der Waals surface area contributed by atoms with Crippen LogP contribution in [0.25, 0.3) is 0 Å². The molecule has 4 rings (SSSR count). The summed E-state index contributed by atoms with van der Waals surface area (Å²) in [6, 6.07) is 3.86. The topological polar surface area (TPSA) is 52.7 Å². The standard InChI is InChI=1S/C20H25ClFN3O2/c21-16-5-15(6-17(22)7-16)19(27)23-10-14-8-20(9-14)12-24(13-20)11-18(26)25-3-1-2-4-25/h5-7,14H,1-4,8-13H2,(H,23,27). The van der Waals surface area contributed by atoms with E-state index in [1.807, 2.05) is 4.90 Å². The second-order valence-corrected chi connectivity index (χ2v) is 8.81. The SMILES string of the molecule is O=C(NCC1CC2(C1)CN(CC(=O)N1CCCC1)C2)c1cc(F)cc(Cl)c1. The van der Waals surface area contributed by atoms with Crippen LogP contribution in [0.3, 0.4) is 0 Å². The minimum absolute atomic E-state index is 0.223. The van der Waals surface area contributed by atoms with Crippen LogP contribution in [0.15, 0.2) is 18.2 Å². The number of rotatable bonds is 5. The van der Waals surface area contributed by atoms with E-state index >= 15 is 0 Å². The highest BCUT2D eigenvalue weighted by molar-refractivity contribution is 6.31. The van der Waals surface area contributed by atoms with Gasteiger partial charge >= 0.3 is 0 Å². The Kier molecular flexibility index (Phi) is 5.12. The number of likely N-dealkylation sites (tertiary alicyclic amines) is 2. The van der Waals surface area contributed by atoms with Gasteiger partial charge in [-0.2, -0.15) is 0 Å². The zero-order valence-corrected chi connectivity index (χ0v) is 16.1. The average molecular weight is 394 g/mol. The molecular weight excluding hydrogens is 369 g/mol. The van der Waals surface area contributed by atoms with Crippen LogP contribution < -0.4 is 5.32 Å². The Balaban J connectivity index is 1.16. The minimum Gasteiger partial charge on any atom is -0.352 e. The van der Waals surface area contributed by atoms with Gasteiger partial charge < -0.3 is 10.2 Å². The molecule has 0 radical (unpaired) electrons. The second kappa shape index (κ2) is 7.40. The Morgan fingerprint density at radius 2 is 1.89 bits per heavy atom. The molecule has 0 atom stereocenters. The molecule has 27 heavy (non-hydrogen) atoms. The van der Waals surface area contributed by atoms with Crippen LogP contribution in [-0.2, 0) is 4.79 Å². The third kappa shape index (κ3) is 4.11. The van der Waals surface area contributed by atoms with Crippen LogP contribution >= 0.6 is 11.6 Å². The van der Waals surface area contributed by atoms with Gasteiger partial charge in [-0.05, 0) is 55.2 Å². The number of amides is 2. The fourth-order valence-corrected chi connectivity index (χ4v) is 5.09. The van der Waals surface area contributed by atoms with E-state index in [2.05, 4.69) is 10.2 Å². The van der Waals surface area contributed by atoms with Crippen molar-refractivity contribution >= 4 is 23.4 Å². The fraction of sp³-hybridized carbons (Fsp3) is 0.600. The summed E-state index contributed by atoms with van der Waals surface area (Å²) >= 11 is 5.80. The number of nitrogens with zero attached hydrogens (tertiary/aromatic N) is 2. The molecule has 5 nitrogen and oxygen atoms in total. The van der Waals surface area contributed by atoms with E-state index in [1.165, 1.54) is 18.2 Å². The highest BCUT2D eigenvalue weighted by Gasteiger charge is 2.52. The fourth-order valence-electron chi connectivity index (χ4n) is 4.86. The third-order valence-corrected chi connectivity index (χ3v) is 6.27.